The van der Waals surface area contributed by atoms with Crippen molar-refractivity contribution in [2.45, 2.75) is 13.0 Å². The van der Waals surface area contributed by atoms with Gasteiger partial charge in [-0.25, -0.2) is 0 Å². The molecule has 0 unspecified atom stereocenters. The maximum atomic E-state index is 11.3. The molecule has 6 nitrogen and oxygen atoms in total. The van der Waals surface area contributed by atoms with Crippen LogP contribution >= 0.6 is 0 Å². The number of benzene rings is 1. The molecular weight excluding hydrogens is 220 g/mol. The lowest BCUT2D eigenvalue weighted by Crippen LogP contribution is -2.32. The standard InChI is InChI=1S/C11H12N4O2/c1-7(12)10(16)14-9-4-2-8(3-5-9)11-15-13-6-17-11/h2-7H,12H2,1H3,(H,14,16)/t7-/m0/s1. The second-order valence-corrected chi connectivity index (χ2v) is 3.60. The smallest absolute Gasteiger partial charge is 0.247 e. The molecule has 2 rings (SSSR count). The highest BCUT2D eigenvalue weighted by molar-refractivity contribution is 5.94. The quantitative estimate of drug-likeness (QED) is 0.824. The second-order valence-electron chi connectivity index (χ2n) is 3.60. The van der Waals surface area contributed by atoms with Crippen LogP contribution in [0.1, 0.15) is 6.92 Å². The number of rotatable bonds is 3. The van der Waals surface area contributed by atoms with Gasteiger partial charge in [-0.3, -0.25) is 4.79 Å². The molecule has 0 aliphatic carbocycles. The van der Waals surface area contributed by atoms with Gasteiger partial charge in [0.25, 0.3) is 0 Å². The van der Waals surface area contributed by atoms with E-state index in [1.807, 2.05) is 0 Å². The third-order valence-electron chi connectivity index (χ3n) is 2.17. The van der Waals surface area contributed by atoms with E-state index >= 15 is 0 Å². The van der Waals surface area contributed by atoms with Gasteiger partial charge in [-0.2, -0.15) is 0 Å². The summed E-state index contributed by atoms with van der Waals surface area (Å²) in [4.78, 5) is 11.3. The predicted molar refractivity (Wildman–Crippen MR) is 62.0 cm³/mol. The van der Waals surface area contributed by atoms with Crippen LogP contribution < -0.4 is 11.1 Å². The van der Waals surface area contributed by atoms with E-state index in [0.29, 0.717) is 11.6 Å². The van der Waals surface area contributed by atoms with Gasteiger partial charge in [0.1, 0.15) is 0 Å². The number of nitrogens with zero attached hydrogens (tertiary/aromatic N) is 2. The van der Waals surface area contributed by atoms with Crippen molar-refractivity contribution in [3.63, 3.8) is 0 Å². The number of anilines is 1. The summed E-state index contributed by atoms with van der Waals surface area (Å²) in [6.07, 6.45) is 1.27. The number of nitrogens with two attached hydrogens (primary N) is 1. The summed E-state index contributed by atoms with van der Waals surface area (Å²) in [6.45, 7) is 1.63. The molecule has 6 heteroatoms. The van der Waals surface area contributed by atoms with E-state index in [1.54, 1.807) is 31.2 Å². The first kappa shape index (κ1) is 11.3. The maximum Gasteiger partial charge on any atom is 0.247 e. The highest BCUT2D eigenvalue weighted by Gasteiger charge is 2.08. The Bertz CT molecular complexity index is 491. The zero-order valence-corrected chi connectivity index (χ0v) is 9.25. The van der Waals surface area contributed by atoms with Crippen LogP contribution in [0.5, 0.6) is 0 Å². The Balaban J connectivity index is 2.11. The molecule has 2 aromatic rings. The molecule has 1 aromatic carbocycles. The van der Waals surface area contributed by atoms with Crippen LogP contribution in [0.15, 0.2) is 35.1 Å². The molecule has 1 atom stereocenters. The molecule has 1 aromatic heterocycles. The van der Waals surface area contributed by atoms with Gasteiger partial charge in [0.15, 0.2) is 0 Å². The highest BCUT2D eigenvalue weighted by atomic mass is 16.4. The molecule has 17 heavy (non-hydrogen) atoms. The summed E-state index contributed by atoms with van der Waals surface area (Å²) in [6, 6.07) is 6.53. The normalized spacial score (nSPS) is 12.1. The molecular formula is C11H12N4O2. The average Bonchev–Trinajstić information content (AvgIpc) is 2.83. The summed E-state index contributed by atoms with van der Waals surface area (Å²) in [5.41, 5.74) is 6.91. The number of carbonyl (C=O) groups is 1. The Morgan fingerprint density at radius 2 is 2.12 bits per heavy atom. The molecule has 1 heterocycles. The molecule has 0 aliphatic rings. The van der Waals surface area contributed by atoms with Crippen LogP contribution in [-0.4, -0.2) is 22.1 Å². The first-order valence-electron chi connectivity index (χ1n) is 5.10. The van der Waals surface area contributed by atoms with E-state index in [9.17, 15) is 4.79 Å². The Labute approximate surface area is 97.8 Å². The van der Waals surface area contributed by atoms with Crippen LogP contribution in [0.4, 0.5) is 5.69 Å². The molecule has 0 saturated carbocycles. The van der Waals surface area contributed by atoms with E-state index in [2.05, 4.69) is 15.5 Å². The number of hydrogen-bond donors (Lipinski definition) is 2. The third-order valence-corrected chi connectivity index (χ3v) is 2.17. The van der Waals surface area contributed by atoms with Gasteiger partial charge in [-0.15, -0.1) is 10.2 Å². The van der Waals surface area contributed by atoms with Crippen LogP contribution in [-0.2, 0) is 4.79 Å². The number of hydrogen-bond acceptors (Lipinski definition) is 5. The predicted octanol–water partition coefficient (Wildman–Crippen LogP) is 1.02. The third kappa shape index (κ3) is 2.67. The minimum absolute atomic E-state index is 0.226. The molecule has 3 N–H and O–H groups in total. The molecule has 0 fully saturated rings. The van der Waals surface area contributed by atoms with Crippen LogP contribution in [0.2, 0.25) is 0 Å². The van der Waals surface area contributed by atoms with Gasteiger partial charge in [0, 0.05) is 11.3 Å². The molecule has 0 radical (unpaired) electrons. The van der Waals surface area contributed by atoms with E-state index in [4.69, 9.17) is 10.2 Å². The first-order chi connectivity index (χ1) is 8.16. The summed E-state index contributed by atoms with van der Waals surface area (Å²) >= 11 is 0. The summed E-state index contributed by atoms with van der Waals surface area (Å²) < 4.78 is 5.05. The summed E-state index contributed by atoms with van der Waals surface area (Å²) in [5, 5.41) is 10.1. The Morgan fingerprint density at radius 1 is 1.41 bits per heavy atom. The number of carbonyl (C=O) groups excluding carboxylic acids is 1. The highest BCUT2D eigenvalue weighted by Crippen LogP contribution is 2.18. The lowest BCUT2D eigenvalue weighted by atomic mass is 10.2. The van der Waals surface area contributed by atoms with Gasteiger partial charge in [-0.1, -0.05) is 0 Å². The Hall–Kier alpha value is -2.21. The molecule has 0 bridgehead atoms. The minimum Gasteiger partial charge on any atom is -0.423 e. The van der Waals surface area contributed by atoms with Crippen molar-refractivity contribution in [1.82, 2.24) is 10.2 Å². The van der Waals surface area contributed by atoms with Crippen molar-refractivity contribution in [2.24, 2.45) is 5.73 Å². The Kier molecular flexibility index (Phi) is 3.15. The maximum absolute atomic E-state index is 11.3. The lowest BCUT2D eigenvalue weighted by molar-refractivity contribution is -0.117. The van der Waals surface area contributed by atoms with Crippen molar-refractivity contribution in [2.75, 3.05) is 5.32 Å². The van der Waals surface area contributed by atoms with Gasteiger partial charge in [0.05, 0.1) is 6.04 Å². The summed E-state index contributed by atoms with van der Waals surface area (Å²) in [5.74, 6) is 0.214. The molecule has 0 aliphatic heterocycles. The first-order valence-corrected chi connectivity index (χ1v) is 5.10. The Morgan fingerprint density at radius 3 is 2.65 bits per heavy atom. The van der Waals surface area contributed by atoms with Crippen LogP contribution in [0.25, 0.3) is 11.5 Å². The zero-order chi connectivity index (χ0) is 12.3. The average molecular weight is 232 g/mol. The van der Waals surface area contributed by atoms with Crippen molar-refractivity contribution in [1.29, 1.82) is 0 Å². The van der Waals surface area contributed by atoms with Crippen molar-refractivity contribution >= 4 is 11.6 Å². The SMILES string of the molecule is C[C@H](N)C(=O)Nc1ccc(-c2nnco2)cc1. The minimum atomic E-state index is -0.536. The van der Waals surface area contributed by atoms with Gasteiger partial charge >= 0.3 is 0 Å². The van der Waals surface area contributed by atoms with Gasteiger partial charge < -0.3 is 15.5 Å². The fourth-order valence-electron chi connectivity index (χ4n) is 1.25. The largest absolute Gasteiger partial charge is 0.423 e. The van der Waals surface area contributed by atoms with Crippen molar-refractivity contribution in [3.8, 4) is 11.5 Å². The number of nitrogens with one attached hydrogen (secondary N) is 1. The zero-order valence-electron chi connectivity index (χ0n) is 9.25. The fraction of sp³-hybridized carbons (Fsp3) is 0.182. The van der Waals surface area contributed by atoms with E-state index in [1.165, 1.54) is 6.39 Å². The van der Waals surface area contributed by atoms with Crippen LogP contribution in [0, 0.1) is 0 Å². The molecule has 1 amide bonds. The van der Waals surface area contributed by atoms with E-state index in [0.717, 1.165) is 5.56 Å². The summed E-state index contributed by atoms with van der Waals surface area (Å²) in [7, 11) is 0. The molecule has 0 saturated heterocycles. The van der Waals surface area contributed by atoms with Gasteiger partial charge in [0.2, 0.25) is 18.2 Å². The van der Waals surface area contributed by atoms with E-state index in [-0.39, 0.29) is 5.91 Å². The van der Waals surface area contributed by atoms with Gasteiger partial charge in [-0.05, 0) is 31.2 Å². The monoisotopic (exact) mass is 232 g/mol. The van der Waals surface area contributed by atoms with Crippen LogP contribution in [0.3, 0.4) is 0 Å². The lowest BCUT2D eigenvalue weighted by Gasteiger charge is -2.07. The fourth-order valence-corrected chi connectivity index (χ4v) is 1.25. The number of amides is 1. The molecule has 88 valence electrons. The van der Waals surface area contributed by atoms with Crippen molar-refractivity contribution in [3.05, 3.63) is 30.7 Å². The second kappa shape index (κ2) is 4.75. The van der Waals surface area contributed by atoms with E-state index < -0.39 is 6.04 Å². The van der Waals surface area contributed by atoms with Crippen molar-refractivity contribution < 1.29 is 9.21 Å². The topological polar surface area (TPSA) is 94.0 Å². The number of aromatic nitrogens is 2. The molecule has 0 spiro atoms.